The van der Waals surface area contributed by atoms with Gasteiger partial charge in [-0.1, -0.05) is 43.1 Å². The summed E-state index contributed by atoms with van der Waals surface area (Å²) in [4.78, 5) is 0. The molecule has 2 rings (SSSR count). The Morgan fingerprint density at radius 1 is 1.38 bits per heavy atom. The van der Waals surface area contributed by atoms with Crippen molar-refractivity contribution >= 4 is 11.6 Å². The summed E-state index contributed by atoms with van der Waals surface area (Å²) in [7, 11) is 0. The van der Waals surface area contributed by atoms with Crippen LogP contribution in [0.4, 0.5) is 0 Å². The molecule has 3 heteroatoms. The fraction of sp³-hybridized carbons (Fsp3) is 0.667. The molecule has 118 valence electrons. The fourth-order valence-corrected chi connectivity index (χ4v) is 3.32. The number of nitrogens with one attached hydrogen (secondary N) is 1. The first-order chi connectivity index (χ1) is 10.3. The summed E-state index contributed by atoms with van der Waals surface area (Å²) >= 11 is 6.30. The zero-order valence-corrected chi connectivity index (χ0v) is 13.9. The van der Waals surface area contributed by atoms with E-state index in [0.29, 0.717) is 12.0 Å². The average molecular weight is 310 g/mol. The third kappa shape index (κ3) is 5.98. The molecule has 2 unspecified atom stereocenters. The van der Waals surface area contributed by atoms with Crippen LogP contribution in [0.1, 0.15) is 44.6 Å². The second-order valence-corrected chi connectivity index (χ2v) is 6.44. The summed E-state index contributed by atoms with van der Waals surface area (Å²) in [5.74, 6) is 0.659. The molecule has 0 amide bonds. The van der Waals surface area contributed by atoms with Gasteiger partial charge in [0.05, 0.1) is 6.10 Å². The molecule has 0 bridgehead atoms. The van der Waals surface area contributed by atoms with E-state index < -0.39 is 0 Å². The highest BCUT2D eigenvalue weighted by atomic mass is 35.5. The Bertz CT molecular complexity index is 404. The lowest BCUT2D eigenvalue weighted by Gasteiger charge is -2.19. The van der Waals surface area contributed by atoms with Crippen molar-refractivity contribution in [1.29, 1.82) is 0 Å². The van der Waals surface area contributed by atoms with Crippen LogP contribution in [0.2, 0.25) is 5.02 Å². The van der Waals surface area contributed by atoms with Gasteiger partial charge in [0.2, 0.25) is 0 Å². The molecular formula is C18H28ClNO. The number of benzene rings is 1. The van der Waals surface area contributed by atoms with Crippen molar-refractivity contribution in [1.82, 2.24) is 5.32 Å². The van der Waals surface area contributed by atoms with Crippen molar-refractivity contribution in [3.63, 3.8) is 0 Å². The van der Waals surface area contributed by atoms with Crippen molar-refractivity contribution < 1.29 is 4.74 Å². The second kappa shape index (κ2) is 9.45. The van der Waals surface area contributed by atoms with Crippen LogP contribution in [0, 0.1) is 5.92 Å². The largest absolute Gasteiger partial charge is 0.378 e. The van der Waals surface area contributed by atoms with Crippen LogP contribution in [0.25, 0.3) is 0 Å². The lowest BCUT2D eigenvalue weighted by atomic mass is 9.93. The summed E-state index contributed by atoms with van der Waals surface area (Å²) in [5.41, 5.74) is 1.28. The van der Waals surface area contributed by atoms with Crippen LogP contribution in [-0.4, -0.2) is 25.8 Å². The van der Waals surface area contributed by atoms with Gasteiger partial charge in [-0.2, -0.15) is 0 Å². The molecule has 0 saturated carbocycles. The molecule has 0 radical (unpaired) electrons. The lowest BCUT2D eigenvalue weighted by molar-refractivity contribution is 0.101. The van der Waals surface area contributed by atoms with E-state index in [1.807, 2.05) is 12.1 Å². The predicted octanol–water partition coefficient (Wildman–Crippen LogP) is 4.46. The Hall–Kier alpha value is -0.570. The summed E-state index contributed by atoms with van der Waals surface area (Å²) in [6.07, 6.45) is 7.80. The molecular weight excluding hydrogens is 282 g/mol. The molecule has 1 saturated heterocycles. The maximum absolute atomic E-state index is 6.30. The molecule has 2 atom stereocenters. The summed E-state index contributed by atoms with van der Waals surface area (Å²) in [6, 6.07) is 8.23. The first-order valence-electron chi connectivity index (χ1n) is 8.35. The maximum atomic E-state index is 6.30. The number of halogens is 1. The van der Waals surface area contributed by atoms with Crippen LogP contribution in [-0.2, 0) is 11.2 Å². The van der Waals surface area contributed by atoms with Crippen molar-refractivity contribution in [3.8, 4) is 0 Å². The topological polar surface area (TPSA) is 21.3 Å². The van der Waals surface area contributed by atoms with Crippen molar-refractivity contribution in [3.05, 3.63) is 34.9 Å². The minimum Gasteiger partial charge on any atom is -0.378 e. The van der Waals surface area contributed by atoms with Crippen LogP contribution >= 0.6 is 11.6 Å². The van der Waals surface area contributed by atoms with Gasteiger partial charge in [0.15, 0.2) is 0 Å². The lowest BCUT2D eigenvalue weighted by Crippen LogP contribution is -2.24. The van der Waals surface area contributed by atoms with E-state index in [-0.39, 0.29) is 0 Å². The van der Waals surface area contributed by atoms with Crippen molar-refractivity contribution in [2.45, 2.75) is 51.6 Å². The maximum Gasteiger partial charge on any atom is 0.0576 e. The zero-order valence-electron chi connectivity index (χ0n) is 13.1. The molecule has 21 heavy (non-hydrogen) atoms. The first kappa shape index (κ1) is 16.8. The minimum absolute atomic E-state index is 0.519. The second-order valence-electron chi connectivity index (χ2n) is 6.04. The van der Waals surface area contributed by atoms with Gasteiger partial charge in [-0.25, -0.2) is 0 Å². The van der Waals surface area contributed by atoms with Gasteiger partial charge in [-0.05, 0) is 62.7 Å². The zero-order chi connectivity index (χ0) is 14.9. The number of hydrogen-bond donors (Lipinski definition) is 1. The van der Waals surface area contributed by atoms with E-state index in [9.17, 15) is 0 Å². The van der Waals surface area contributed by atoms with Gasteiger partial charge in [0.25, 0.3) is 0 Å². The van der Waals surface area contributed by atoms with E-state index >= 15 is 0 Å². The molecule has 0 aromatic heterocycles. The smallest absolute Gasteiger partial charge is 0.0576 e. The number of ether oxygens (including phenoxy) is 1. The van der Waals surface area contributed by atoms with Gasteiger partial charge in [-0.3, -0.25) is 0 Å². The Morgan fingerprint density at radius 2 is 2.24 bits per heavy atom. The SMILES string of the molecule is CCNCC(CCCC1CCCO1)Cc1ccccc1Cl. The molecule has 1 N–H and O–H groups in total. The van der Waals surface area contributed by atoms with Gasteiger partial charge in [0.1, 0.15) is 0 Å². The van der Waals surface area contributed by atoms with E-state index in [4.69, 9.17) is 16.3 Å². The van der Waals surface area contributed by atoms with Crippen molar-refractivity contribution in [2.24, 2.45) is 5.92 Å². The number of rotatable bonds is 9. The Balaban J connectivity index is 1.80. The van der Waals surface area contributed by atoms with Crippen LogP contribution < -0.4 is 5.32 Å². The van der Waals surface area contributed by atoms with Crippen LogP contribution in [0.3, 0.4) is 0 Å². The van der Waals surface area contributed by atoms with Crippen LogP contribution in [0.15, 0.2) is 24.3 Å². The molecule has 1 aliphatic rings. The minimum atomic E-state index is 0.519. The van der Waals surface area contributed by atoms with E-state index in [2.05, 4.69) is 24.4 Å². The number of hydrogen-bond acceptors (Lipinski definition) is 2. The third-order valence-corrected chi connectivity index (χ3v) is 4.68. The normalized spacial score (nSPS) is 19.8. The molecule has 0 spiro atoms. The highest BCUT2D eigenvalue weighted by molar-refractivity contribution is 6.31. The average Bonchev–Trinajstić information content (AvgIpc) is 3.00. The Labute approximate surface area is 134 Å². The monoisotopic (exact) mass is 309 g/mol. The standard InChI is InChI=1S/C18H28ClNO/c1-2-20-14-15(7-5-9-17-10-6-12-21-17)13-16-8-3-4-11-18(16)19/h3-4,8,11,15,17,20H,2,5-7,9-10,12-14H2,1H3. The predicted molar refractivity (Wildman–Crippen MR) is 90.0 cm³/mol. The van der Waals surface area contributed by atoms with Crippen molar-refractivity contribution in [2.75, 3.05) is 19.7 Å². The highest BCUT2D eigenvalue weighted by Gasteiger charge is 2.17. The van der Waals surface area contributed by atoms with E-state index in [0.717, 1.165) is 31.1 Å². The molecule has 0 aliphatic carbocycles. The molecule has 1 fully saturated rings. The van der Waals surface area contributed by atoms with E-state index in [1.165, 1.54) is 37.7 Å². The van der Waals surface area contributed by atoms with Gasteiger partial charge in [-0.15, -0.1) is 0 Å². The van der Waals surface area contributed by atoms with Gasteiger partial charge in [0, 0.05) is 11.6 Å². The summed E-state index contributed by atoms with van der Waals surface area (Å²) in [5, 5.41) is 4.39. The molecule has 1 aliphatic heterocycles. The first-order valence-corrected chi connectivity index (χ1v) is 8.73. The Kier molecular flexibility index (Phi) is 7.56. The molecule has 1 aromatic rings. The molecule has 1 heterocycles. The van der Waals surface area contributed by atoms with Gasteiger partial charge >= 0.3 is 0 Å². The Morgan fingerprint density at radius 3 is 2.95 bits per heavy atom. The summed E-state index contributed by atoms with van der Waals surface area (Å²) in [6.45, 7) is 5.24. The highest BCUT2D eigenvalue weighted by Crippen LogP contribution is 2.23. The van der Waals surface area contributed by atoms with Gasteiger partial charge < -0.3 is 10.1 Å². The summed E-state index contributed by atoms with van der Waals surface area (Å²) < 4.78 is 5.72. The quantitative estimate of drug-likeness (QED) is 0.727. The fourth-order valence-electron chi connectivity index (χ4n) is 3.11. The molecule has 1 aromatic carbocycles. The van der Waals surface area contributed by atoms with E-state index in [1.54, 1.807) is 0 Å². The molecule has 2 nitrogen and oxygen atoms in total. The van der Waals surface area contributed by atoms with Crippen LogP contribution in [0.5, 0.6) is 0 Å². The third-order valence-electron chi connectivity index (χ3n) is 4.31.